The lowest BCUT2D eigenvalue weighted by molar-refractivity contribution is 0.0781. The molecule has 5 nitrogen and oxygen atoms in total. The summed E-state index contributed by atoms with van der Waals surface area (Å²) >= 11 is 1.37. The number of nitrogens with one attached hydrogen (secondary N) is 1. The molecule has 6 heteroatoms. The zero-order valence-corrected chi connectivity index (χ0v) is 14.9. The molecule has 0 radical (unpaired) electrons. The number of amides is 1. The van der Waals surface area contributed by atoms with Crippen molar-refractivity contribution in [2.75, 3.05) is 7.05 Å². The fourth-order valence-corrected chi connectivity index (χ4v) is 4.11. The van der Waals surface area contributed by atoms with Crippen LogP contribution in [-0.2, 0) is 19.4 Å². The molecule has 0 fully saturated rings. The van der Waals surface area contributed by atoms with Gasteiger partial charge in [-0.15, -0.1) is 11.3 Å². The van der Waals surface area contributed by atoms with Gasteiger partial charge in [-0.2, -0.15) is 0 Å². The second kappa shape index (κ2) is 6.44. The maximum absolute atomic E-state index is 12.7. The van der Waals surface area contributed by atoms with Gasteiger partial charge >= 0.3 is 0 Å². The third-order valence-corrected chi connectivity index (χ3v) is 5.60. The van der Waals surface area contributed by atoms with E-state index >= 15 is 0 Å². The third-order valence-electron chi connectivity index (χ3n) is 4.69. The van der Waals surface area contributed by atoms with E-state index < -0.39 is 0 Å². The summed E-state index contributed by atoms with van der Waals surface area (Å²) in [5.74, 6) is 0.450. The van der Waals surface area contributed by atoms with Crippen LogP contribution in [0.3, 0.4) is 0 Å². The minimum absolute atomic E-state index is 0.0542. The van der Waals surface area contributed by atoms with E-state index in [1.807, 2.05) is 23.6 Å². The van der Waals surface area contributed by atoms with Crippen LogP contribution in [0.5, 0.6) is 0 Å². The fourth-order valence-electron chi connectivity index (χ4n) is 3.38. The van der Waals surface area contributed by atoms with Gasteiger partial charge in [0, 0.05) is 12.6 Å². The number of aromatic amines is 1. The molecule has 2 aromatic heterocycles. The summed E-state index contributed by atoms with van der Waals surface area (Å²) < 4.78 is 0.618. The van der Waals surface area contributed by atoms with Crippen LogP contribution in [0, 0.1) is 0 Å². The lowest BCUT2D eigenvalue weighted by Gasteiger charge is -2.20. The zero-order valence-electron chi connectivity index (χ0n) is 14.0. The molecule has 128 valence electrons. The van der Waals surface area contributed by atoms with E-state index in [1.54, 1.807) is 11.9 Å². The number of thiophene rings is 1. The second-order valence-electron chi connectivity index (χ2n) is 6.50. The molecule has 0 atom stereocenters. The van der Waals surface area contributed by atoms with Crippen molar-refractivity contribution in [1.29, 1.82) is 0 Å². The summed E-state index contributed by atoms with van der Waals surface area (Å²) in [7, 11) is 1.74. The number of benzene rings is 1. The van der Waals surface area contributed by atoms with Crippen LogP contribution in [0.25, 0.3) is 10.2 Å². The first-order valence-corrected chi connectivity index (χ1v) is 9.33. The summed E-state index contributed by atoms with van der Waals surface area (Å²) in [6.07, 6.45) is 4.56. The van der Waals surface area contributed by atoms with Crippen LogP contribution < -0.4 is 5.56 Å². The van der Waals surface area contributed by atoms with Gasteiger partial charge in [0.15, 0.2) is 0 Å². The fraction of sp³-hybridized carbons (Fsp3) is 0.316. The number of H-pyrrole nitrogens is 1. The number of fused-ring (bicyclic) bond motifs is 2. The van der Waals surface area contributed by atoms with Gasteiger partial charge in [-0.05, 0) is 60.4 Å². The Balaban J connectivity index is 1.56. The summed E-state index contributed by atoms with van der Waals surface area (Å²) in [4.78, 5) is 33.6. The van der Waals surface area contributed by atoms with Crippen molar-refractivity contribution in [3.05, 3.63) is 62.5 Å². The maximum atomic E-state index is 12.7. The van der Waals surface area contributed by atoms with E-state index in [9.17, 15) is 9.59 Å². The van der Waals surface area contributed by atoms with E-state index in [0.717, 1.165) is 12.8 Å². The molecule has 1 N–H and O–H groups in total. The first-order chi connectivity index (χ1) is 12.1. The largest absolute Gasteiger partial charge is 0.334 e. The van der Waals surface area contributed by atoms with Crippen molar-refractivity contribution in [3.8, 4) is 0 Å². The summed E-state index contributed by atoms with van der Waals surface area (Å²) in [5, 5.41) is 1.85. The van der Waals surface area contributed by atoms with Crippen molar-refractivity contribution in [1.82, 2.24) is 14.9 Å². The van der Waals surface area contributed by atoms with Gasteiger partial charge in [0.2, 0.25) is 0 Å². The third kappa shape index (κ3) is 3.09. The topological polar surface area (TPSA) is 66.1 Å². The summed E-state index contributed by atoms with van der Waals surface area (Å²) in [6, 6.07) is 7.82. The first-order valence-electron chi connectivity index (χ1n) is 8.45. The molecule has 3 aromatic rings. The van der Waals surface area contributed by atoms with E-state index in [2.05, 4.69) is 16.0 Å². The molecule has 0 saturated carbocycles. The molecular formula is C19H19N3O2S. The number of hydrogen-bond donors (Lipinski definition) is 1. The Kier molecular flexibility index (Phi) is 4.13. The van der Waals surface area contributed by atoms with E-state index in [-0.39, 0.29) is 18.0 Å². The highest BCUT2D eigenvalue weighted by Crippen LogP contribution is 2.23. The number of rotatable bonds is 3. The van der Waals surface area contributed by atoms with Gasteiger partial charge in [0.25, 0.3) is 11.5 Å². The van der Waals surface area contributed by atoms with Crippen LogP contribution in [0.1, 0.15) is 40.2 Å². The lowest BCUT2D eigenvalue weighted by Crippen LogP contribution is -2.28. The number of hydrogen-bond acceptors (Lipinski definition) is 4. The quantitative estimate of drug-likeness (QED) is 0.787. The smallest absolute Gasteiger partial charge is 0.268 e. The standard InChI is InChI=1S/C19H19N3O2S/c1-22(11-16-20-15-8-9-25-17(15)18(23)21-16)19(24)14-7-6-12-4-2-3-5-13(12)10-14/h6-10H,2-5,11H2,1H3,(H,20,21,23). The van der Waals surface area contributed by atoms with Crippen LogP contribution >= 0.6 is 11.3 Å². The summed E-state index contributed by atoms with van der Waals surface area (Å²) in [6.45, 7) is 0.275. The SMILES string of the molecule is CN(Cc1nc2ccsc2c(=O)[nH]1)C(=O)c1ccc2c(c1)CCCC2. The molecule has 0 aliphatic heterocycles. The Hall–Kier alpha value is -2.47. The maximum Gasteiger partial charge on any atom is 0.268 e. The average molecular weight is 353 g/mol. The van der Waals surface area contributed by atoms with Gasteiger partial charge in [-0.25, -0.2) is 4.98 Å². The average Bonchev–Trinajstić information content (AvgIpc) is 3.09. The second-order valence-corrected chi connectivity index (χ2v) is 7.42. The molecule has 2 heterocycles. The van der Waals surface area contributed by atoms with E-state index in [0.29, 0.717) is 21.6 Å². The normalized spacial score (nSPS) is 13.6. The number of carbonyl (C=O) groups is 1. The molecule has 1 aliphatic carbocycles. The van der Waals surface area contributed by atoms with Crippen molar-refractivity contribution in [3.63, 3.8) is 0 Å². The Bertz CT molecular complexity index is 1010. The van der Waals surface area contributed by atoms with Gasteiger partial charge in [0.05, 0.1) is 12.1 Å². The molecule has 1 aliphatic rings. The monoisotopic (exact) mass is 353 g/mol. The minimum atomic E-state index is -0.148. The minimum Gasteiger partial charge on any atom is -0.334 e. The van der Waals surface area contributed by atoms with Crippen LogP contribution in [-0.4, -0.2) is 27.8 Å². The Morgan fingerprint density at radius 2 is 2.04 bits per heavy atom. The molecule has 1 amide bonds. The number of aromatic nitrogens is 2. The molecule has 25 heavy (non-hydrogen) atoms. The Labute approximate surface area is 149 Å². The highest BCUT2D eigenvalue weighted by Gasteiger charge is 2.17. The molecule has 1 aromatic carbocycles. The molecular weight excluding hydrogens is 334 g/mol. The van der Waals surface area contributed by atoms with Crippen molar-refractivity contribution in [2.45, 2.75) is 32.2 Å². The predicted octanol–water partition coefficient (Wildman–Crippen LogP) is 3.14. The van der Waals surface area contributed by atoms with Crippen LogP contribution in [0.2, 0.25) is 0 Å². The molecule has 0 saturated heterocycles. The first kappa shape index (κ1) is 16.0. The molecule has 0 unspecified atom stereocenters. The van der Waals surface area contributed by atoms with Crippen molar-refractivity contribution < 1.29 is 4.79 Å². The molecule has 0 bridgehead atoms. The van der Waals surface area contributed by atoms with Gasteiger partial charge in [-0.1, -0.05) is 6.07 Å². The van der Waals surface area contributed by atoms with Gasteiger partial charge in [-0.3, -0.25) is 9.59 Å². The Morgan fingerprint density at radius 1 is 1.24 bits per heavy atom. The van der Waals surface area contributed by atoms with Gasteiger partial charge < -0.3 is 9.88 Å². The van der Waals surface area contributed by atoms with Crippen molar-refractivity contribution in [2.24, 2.45) is 0 Å². The highest BCUT2D eigenvalue weighted by atomic mass is 32.1. The molecule has 4 rings (SSSR count). The number of carbonyl (C=O) groups excluding carboxylic acids is 1. The van der Waals surface area contributed by atoms with E-state index in [1.165, 1.54) is 35.3 Å². The van der Waals surface area contributed by atoms with Gasteiger partial charge in [0.1, 0.15) is 10.5 Å². The van der Waals surface area contributed by atoms with Crippen LogP contribution in [0.4, 0.5) is 0 Å². The Morgan fingerprint density at radius 3 is 2.88 bits per heavy atom. The molecule has 0 spiro atoms. The zero-order chi connectivity index (χ0) is 17.4. The van der Waals surface area contributed by atoms with E-state index in [4.69, 9.17) is 0 Å². The van der Waals surface area contributed by atoms with Crippen LogP contribution in [0.15, 0.2) is 34.4 Å². The predicted molar refractivity (Wildman–Crippen MR) is 99.1 cm³/mol. The lowest BCUT2D eigenvalue weighted by atomic mass is 9.90. The number of nitrogens with zero attached hydrogens (tertiary/aromatic N) is 2. The highest BCUT2D eigenvalue weighted by molar-refractivity contribution is 7.17. The summed E-state index contributed by atoms with van der Waals surface area (Å²) in [5.41, 5.74) is 3.88. The number of aryl methyl sites for hydroxylation is 2. The van der Waals surface area contributed by atoms with Crippen molar-refractivity contribution >= 4 is 27.5 Å².